The Morgan fingerprint density at radius 3 is 2.83 bits per heavy atom. The van der Waals surface area contributed by atoms with Gasteiger partial charge in [0.25, 0.3) is 0 Å². The van der Waals surface area contributed by atoms with Crippen LogP contribution in [0.1, 0.15) is 11.1 Å². The molecule has 0 aliphatic carbocycles. The lowest BCUT2D eigenvalue weighted by molar-refractivity contribution is -0.117. The molecule has 0 saturated heterocycles. The zero-order chi connectivity index (χ0) is 16.1. The minimum atomic E-state index is 0.134. The lowest BCUT2D eigenvalue weighted by Gasteiger charge is -2.17. The van der Waals surface area contributed by atoms with E-state index in [1.54, 1.807) is 7.11 Å². The average Bonchev–Trinajstić information content (AvgIpc) is 3.03. The van der Waals surface area contributed by atoms with Crippen molar-refractivity contribution in [2.24, 2.45) is 0 Å². The summed E-state index contributed by atoms with van der Waals surface area (Å²) in [6, 6.07) is 16.1. The zero-order valence-corrected chi connectivity index (χ0v) is 13.4. The molecule has 2 aromatic carbocycles. The Labute approximate surface area is 137 Å². The molecule has 1 amide bonds. The number of ether oxygens (including phenoxy) is 1. The van der Waals surface area contributed by atoms with Gasteiger partial charge in [-0.1, -0.05) is 36.4 Å². The Morgan fingerprint density at radius 1 is 1.17 bits per heavy atom. The van der Waals surface area contributed by atoms with Crippen molar-refractivity contribution in [2.45, 2.75) is 12.8 Å². The minimum Gasteiger partial charge on any atom is -0.496 e. The van der Waals surface area contributed by atoms with Crippen molar-refractivity contribution >= 4 is 11.6 Å². The summed E-state index contributed by atoms with van der Waals surface area (Å²) < 4.78 is 5.34. The van der Waals surface area contributed by atoms with E-state index >= 15 is 0 Å². The maximum Gasteiger partial charge on any atom is 0.240 e. The third kappa shape index (κ3) is 3.54. The number of rotatable bonds is 6. The molecular weight excluding hydrogens is 288 g/mol. The first-order chi connectivity index (χ1) is 11.3. The number of para-hydroxylation sites is 2. The van der Waals surface area contributed by atoms with Gasteiger partial charge in [0.05, 0.1) is 13.7 Å². The van der Waals surface area contributed by atoms with Crippen molar-refractivity contribution in [3.05, 3.63) is 59.7 Å². The molecule has 120 valence electrons. The van der Waals surface area contributed by atoms with E-state index < -0.39 is 0 Å². The van der Waals surface area contributed by atoms with Gasteiger partial charge in [-0.2, -0.15) is 0 Å². The molecule has 1 N–H and O–H groups in total. The summed E-state index contributed by atoms with van der Waals surface area (Å²) in [6.45, 7) is 1.90. The molecule has 2 aromatic rings. The van der Waals surface area contributed by atoms with Gasteiger partial charge in [0.15, 0.2) is 0 Å². The fraction of sp³-hybridized carbons (Fsp3) is 0.316. The summed E-state index contributed by atoms with van der Waals surface area (Å²) in [7, 11) is 1.68. The van der Waals surface area contributed by atoms with Crippen LogP contribution >= 0.6 is 0 Å². The van der Waals surface area contributed by atoms with Crippen LogP contribution in [-0.4, -0.2) is 32.7 Å². The largest absolute Gasteiger partial charge is 0.496 e. The van der Waals surface area contributed by atoms with Crippen LogP contribution in [-0.2, 0) is 17.6 Å². The predicted molar refractivity (Wildman–Crippen MR) is 92.1 cm³/mol. The second-order valence-electron chi connectivity index (χ2n) is 5.66. The van der Waals surface area contributed by atoms with Gasteiger partial charge in [-0.05, 0) is 42.6 Å². The maximum absolute atomic E-state index is 12.4. The third-order valence-corrected chi connectivity index (χ3v) is 4.23. The standard InChI is InChI=1S/C19H22N2O2/c1-23-18-9-5-3-7-16(18)10-12-20-14-19(22)21-13-11-15-6-2-4-8-17(15)21/h2-9,20H,10-14H2,1H3. The number of hydrogen-bond donors (Lipinski definition) is 1. The van der Waals surface area contributed by atoms with E-state index in [2.05, 4.69) is 17.4 Å². The Morgan fingerprint density at radius 2 is 1.96 bits per heavy atom. The topological polar surface area (TPSA) is 41.6 Å². The van der Waals surface area contributed by atoms with Gasteiger partial charge in [0, 0.05) is 12.2 Å². The number of hydrogen-bond acceptors (Lipinski definition) is 3. The molecule has 1 aliphatic rings. The highest BCUT2D eigenvalue weighted by Gasteiger charge is 2.23. The van der Waals surface area contributed by atoms with E-state index in [-0.39, 0.29) is 5.91 Å². The lowest BCUT2D eigenvalue weighted by Crippen LogP contribution is -2.37. The van der Waals surface area contributed by atoms with Crippen LogP contribution in [0.25, 0.3) is 0 Å². The third-order valence-electron chi connectivity index (χ3n) is 4.23. The van der Waals surface area contributed by atoms with E-state index in [1.807, 2.05) is 41.3 Å². The first-order valence-electron chi connectivity index (χ1n) is 8.00. The predicted octanol–water partition coefficient (Wildman–Crippen LogP) is 2.42. The highest BCUT2D eigenvalue weighted by atomic mass is 16.5. The first kappa shape index (κ1) is 15.6. The Balaban J connectivity index is 1.49. The van der Waals surface area contributed by atoms with Crippen LogP contribution < -0.4 is 15.0 Å². The van der Waals surface area contributed by atoms with Crippen molar-refractivity contribution in [1.82, 2.24) is 5.32 Å². The molecule has 4 nitrogen and oxygen atoms in total. The van der Waals surface area contributed by atoms with Crippen LogP contribution in [0.5, 0.6) is 5.75 Å². The molecule has 0 bridgehead atoms. The number of fused-ring (bicyclic) bond motifs is 1. The molecular formula is C19H22N2O2. The quantitative estimate of drug-likeness (QED) is 0.833. The Hall–Kier alpha value is -2.33. The van der Waals surface area contributed by atoms with Gasteiger partial charge < -0.3 is 15.0 Å². The molecule has 3 rings (SSSR count). The maximum atomic E-state index is 12.4. The Kier molecular flexibility index (Phi) is 4.93. The van der Waals surface area contributed by atoms with Crippen molar-refractivity contribution in [3.8, 4) is 5.75 Å². The first-order valence-corrected chi connectivity index (χ1v) is 8.00. The average molecular weight is 310 g/mol. The highest BCUT2D eigenvalue weighted by Crippen LogP contribution is 2.27. The molecule has 0 unspecified atom stereocenters. The van der Waals surface area contributed by atoms with Gasteiger partial charge in [-0.25, -0.2) is 0 Å². The second-order valence-corrected chi connectivity index (χ2v) is 5.66. The SMILES string of the molecule is COc1ccccc1CCNCC(=O)N1CCc2ccccc21. The van der Waals surface area contributed by atoms with Gasteiger partial charge in [-0.3, -0.25) is 4.79 Å². The van der Waals surface area contributed by atoms with E-state index in [1.165, 1.54) is 5.56 Å². The molecule has 1 heterocycles. The molecule has 0 saturated carbocycles. The monoisotopic (exact) mass is 310 g/mol. The number of nitrogens with zero attached hydrogens (tertiary/aromatic N) is 1. The van der Waals surface area contributed by atoms with Gasteiger partial charge in [0.1, 0.15) is 5.75 Å². The van der Waals surface area contributed by atoms with Crippen molar-refractivity contribution in [1.29, 1.82) is 0 Å². The van der Waals surface area contributed by atoms with E-state index in [0.29, 0.717) is 6.54 Å². The van der Waals surface area contributed by atoms with Crippen molar-refractivity contribution < 1.29 is 9.53 Å². The summed E-state index contributed by atoms with van der Waals surface area (Å²) in [5, 5.41) is 3.25. The number of amides is 1. The zero-order valence-electron chi connectivity index (χ0n) is 13.4. The number of carbonyl (C=O) groups excluding carboxylic acids is 1. The molecule has 0 aromatic heterocycles. The highest BCUT2D eigenvalue weighted by molar-refractivity contribution is 5.96. The lowest BCUT2D eigenvalue weighted by atomic mass is 10.1. The van der Waals surface area contributed by atoms with Crippen molar-refractivity contribution in [2.75, 3.05) is 31.6 Å². The molecule has 0 fully saturated rings. The second kappa shape index (κ2) is 7.29. The van der Waals surface area contributed by atoms with Gasteiger partial charge >= 0.3 is 0 Å². The van der Waals surface area contributed by atoms with E-state index in [0.717, 1.165) is 42.9 Å². The molecule has 0 atom stereocenters. The normalized spacial score (nSPS) is 13.0. The van der Waals surface area contributed by atoms with Gasteiger partial charge in [0.2, 0.25) is 5.91 Å². The summed E-state index contributed by atoms with van der Waals surface area (Å²) >= 11 is 0. The van der Waals surface area contributed by atoms with E-state index in [9.17, 15) is 4.79 Å². The Bertz CT molecular complexity index is 685. The number of benzene rings is 2. The molecule has 1 aliphatic heterocycles. The van der Waals surface area contributed by atoms with Crippen LogP contribution in [0, 0.1) is 0 Å². The minimum absolute atomic E-state index is 0.134. The van der Waals surface area contributed by atoms with Crippen molar-refractivity contribution in [3.63, 3.8) is 0 Å². The molecule has 23 heavy (non-hydrogen) atoms. The summed E-state index contributed by atoms with van der Waals surface area (Å²) in [5.41, 5.74) is 3.47. The summed E-state index contributed by atoms with van der Waals surface area (Å²) in [5.74, 6) is 1.03. The molecule has 0 spiro atoms. The molecule has 4 heteroatoms. The van der Waals surface area contributed by atoms with E-state index in [4.69, 9.17) is 4.74 Å². The van der Waals surface area contributed by atoms with Crippen LogP contribution in [0.3, 0.4) is 0 Å². The fourth-order valence-electron chi connectivity index (χ4n) is 3.02. The summed E-state index contributed by atoms with van der Waals surface area (Å²) in [6.07, 6.45) is 1.79. The number of methoxy groups -OCH3 is 1. The van der Waals surface area contributed by atoms with Crippen LogP contribution in [0.15, 0.2) is 48.5 Å². The summed E-state index contributed by atoms with van der Waals surface area (Å²) in [4.78, 5) is 14.3. The molecule has 0 radical (unpaired) electrons. The van der Waals surface area contributed by atoms with Crippen LogP contribution in [0.4, 0.5) is 5.69 Å². The fourth-order valence-corrected chi connectivity index (χ4v) is 3.02. The van der Waals surface area contributed by atoms with Crippen LogP contribution in [0.2, 0.25) is 0 Å². The number of anilines is 1. The smallest absolute Gasteiger partial charge is 0.240 e. The number of carbonyl (C=O) groups is 1. The number of nitrogens with one attached hydrogen (secondary N) is 1. The van der Waals surface area contributed by atoms with Gasteiger partial charge in [-0.15, -0.1) is 0 Å².